The van der Waals surface area contributed by atoms with E-state index >= 15 is 0 Å². The number of hydrogen-bond donors (Lipinski definition) is 1. The summed E-state index contributed by atoms with van der Waals surface area (Å²) in [5.74, 6) is 0.639. The van der Waals surface area contributed by atoms with Crippen molar-refractivity contribution in [2.24, 2.45) is 0 Å². The summed E-state index contributed by atoms with van der Waals surface area (Å²) in [4.78, 5) is 23.1. The monoisotopic (exact) mass is 384 g/mol. The number of likely N-dealkylation sites (tertiary alicyclic amines) is 1. The molecule has 1 amide bonds. The predicted molar refractivity (Wildman–Crippen MR) is 103 cm³/mol. The van der Waals surface area contributed by atoms with Crippen LogP contribution in [0.15, 0.2) is 30.6 Å². The van der Waals surface area contributed by atoms with Crippen LogP contribution in [-0.4, -0.2) is 60.0 Å². The first-order valence-corrected chi connectivity index (χ1v) is 9.39. The maximum absolute atomic E-state index is 12.7. The Kier molecular flexibility index (Phi) is 5.15. The molecule has 2 saturated heterocycles. The molecule has 3 heterocycles. The van der Waals surface area contributed by atoms with Gasteiger partial charge < -0.3 is 24.4 Å². The van der Waals surface area contributed by atoms with Gasteiger partial charge in [0.25, 0.3) is 5.91 Å². The summed E-state index contributed by atoms with van der Waals surface area (Å²) >= 11 is 0. The zero-order valence-electron chi connectivity index (χ0n) is 16.1. The fourth-order valence-corrected chi connectivity index (χ4v) is 3.56. The molecule has 0 saturated carbocycles. The summed E-state index contributed by atoms with van der Waals surface area (Å²) < 4.78 is 16.8. The van der Waals surface area contributed by atoms with Crippen molar-refractivity contribution < 1.29 is 19.0 Å². The average Bonchev–Trinajstić information content (AvgIpc) is 3.17. The first-order valence-electron chi connectivity index (χ1n) is 9.39. The van der Waals surface area contributed by atoms with Crippen LogP contribution in [0.3, 0.4) is 0 Å². The number of carbonyl (C=O) groups is 1. The summed E-state index contributed by atoms with van der Waals surface area (Å²) in [7, 11) is 1.62. The summed E-state index contributed by atoms with van der Waals surface area (Å²) in [6, 6.07) is 5.84. The number of ether oxygens (including phenoxy) is 3. The third kappa shape index (κ3) is 3.79. The second-order valence-corrected chi connectivity index (χ2v) is 7.02. The van der Waals surface area contributed by atoms with Crippen LogP contribution in [0.2, 0.25) is 0 Å². The van der Waals surface area contributed by atoms with Crippen molar-refractivity contribution in [2.75, 3.05) is 38.7 Å². The van der Waals surface area contributed by atoms with Crippen molar-refractivity contribution in [1.82, 2.24) is 14.9 Å². The van der Waals surface area contributed by atoms with E-state index in [9.17, 15) is 4.79 Å². The molecule has 0 radical (unpaired) electrons. The molecular formula is C20H24N4O4. The van der Waals surface area contributed by atoms with Crippen molar-refractivity contribution in [3.05, 3.63) is 41.9 Å². The van der Waals surface area contributed by atoms with Gasteiger partial charge in [0.2, 0.25) is 0 Å². The van der Waals surface area contributed by atoms with E-state index in [1.165, 1.54) is 6.20 Å². The number of aryl methyl sites for hydroxylation is 1. The lowest BCUT2D eigenvalue weighted by Crippen LogP contribution is -2.47. The molecular weight excluding hydrogens is 360 g/mol. The summed E-state index contributed by atoms with van der Waals surface area (Å²) in [6.07, 6.45) is 4.42. The van der Waals surface area contributed by atoms with Gasteiger partial charge in [-0.1, -0.05) is 6.07 Å². The molecule has 8 nitrogen and oxygen atoms in total. The van der Waals surface area contributed by atoms with Gasteiger partial charge in [-0.3, -0.25) is 4.79 Å². The molecule has 0 unspecified atom stereocenters. The number of anilines is 2. The molecule has 0 aliphatic carbocycles. The number of carbonyl (C=O) groups excluding carboxylic acids is 1. The van der Waals surface area contributed by atoms with Gasteiger partial charge in [-0.05, 0) is 24.6 Å². The second kappa shape index (κ2) is 7.73. The van der Waals surface area contributed by atoms with Crippen LogP contribution in [0.5, 0.6) is 5.75 Å². The van der Waals surface area contributed by atoms with E-state index in [0.717, 1.165) is 11.3 Å². The molecule has 2 aliphatic rings. The minimum absolute atomic E-state index is 0.125. The Labute approximate surface area is 163 Å². The predicted octanol–water partition coefficient (Wildman–Crippen LogP) is 2.52. The fraction of sp³-hybridized carbons (Fsp3) is 0.450. The van der Waals surface area contributed by atoms with Crippen LogP contribution in [0.4, 0.5) is 11.5 Å². The number of hydrogen-bond acceptors (Lipinski definition) is 7. The van der Waals surface area contributed by atoms with Crippen LogP contribution >= 0.6 is 0 Å². The van der Waals surface area contributed by atoms with Crippen LogP contribution in [-0.2, 0) is 9.47 Å². The molecule has 4 rings (SSSR count). The van der Waals surface area contributed by atoms with Crippen molar-refractivity contribution >= 4 is 17.4 Å². The Bertz CT molecular complexity index is 840. The standard InChI is InChI=1S/C20H24N4O4/c1-14-3-4-17(26-2)15(11-14)23-18-13-21-16(12-22-18)19(25)24-7-5-20(6-8-24)27-9-10-28-20/h3-4,11-13H,5-10H2,1-2H3,(H,22,23). The number of benzene rings is 1. The number of methoxy groups -OCH3 is 1. The Hall–Kier alpha value is -2.71. The Morgan fingerprint density at radius 2 is 1.93 bits per heavy atom. The number of nitrogens with zero attached hydrogens (tertiary/aromatic N) is 3. The zero-order chi connectivity index (χ0) is 19.6. The third-order valence-corrected chi connectivity index (χ3v) is 5.11. The van der Waals surface area contributed by atoms with Gasteiger partial charge in [0.15, 0.2) is 5.79 Å². The highest BCUT2D eigenvalue weighted by molar-refractivity contribution is 5.92. The van der Waals surface area contributed by atoms with Crippen LogP contribution in [0, 0.1) is 6.92 Å². The van der Waals surface area contributed by atoms with Gasteiger partial charge in [-0.15, -0.1) is 0 Å². The quantitative estimate of drug-likeness (QED) is 0.867. The third-order valence-electron chi connectivity index (χ3n) is 5.11. The van der Waals surface area contributed by atoms with E-state index in [1.807, 2.05) is 25.1 Å². The van der Waals surface area contributed by atoms with Gasteiger partial charge in [0, 0.05) is 25.9 Å². The molecule has 1 spiro atoms. The van der Waals surface area contributed by atoms with E-state index in [4.69, 9.17) is 14.2 Å². The fourth-order valence-electron chi connectivity index (χ4n) is 3.56. The lowest BCUT2D eigenvalue weighted by Gasteiger charge is -2.37. The average molecular weight is 384 g/mol. The molecule has 2 aliphatic heterocycles. The van der Waals surface area contributed by atoms with Gasteiger partial charge in [-0.2, -0.15) is 0 Å². The van der Waals surface area contributed by atoms with E-state index in [0.29, 0.717) is 56.4 Å². The van der Waals surface area contributed by atoms with Gasteiger partial charge >= 0.3 is 0 Å². The summed E-state index contributed by atoms with van der Waals surface area (Å²) in [5.41, 5.74) is 2.22. The molecule has 1 N–H and O–H groups in total. The molecule has 2 aromatic rings. The van der Waals surface area contributed by atoms with E-state index < -0.39 is 5.79 Å². The SMILES string of the molecule is COc1ccc(C)cc1Nc1cnc(C(=O)N2CCC3(CC2)OCCO3)cn1. The second-order valence-electron chi connectivity index (χ2n) is 7.02. The number of amides is 1. The molecule has 28 heavy (non-hydrogen) atoms. The smallest absolute Gasteiger partial charge is 0.274 e. The van der Waals surface area contributed by atoms with Crippen molar-refractivity contribution in [2.45, 2.75) is 25.6 Å². The first-order chi connectivity index (χ1) is 13.6. The highest BCUT2D eigenvalue weighted by Gasteiger charge is 2.41. The highest BCUT2D eigenvalue weighted by Crippen LogP contribution is 2.32. The number of piperidine rings is 1. The maximum atomic E-state index is 12.7. The van der Waals surface area contributed by atoms with Crippen LogP contribution in [0.25, 0.3) is 0 Å². The minimum Gasteiger partial charge on any atom is -0.495 e. The number of aromatic nitrogens is 2. The molecule has 0 atom stereocenters. The Balaban J connectivity index is 1.41. The lowest BCUT2D eigenvalue weighted by atomic mass is 10.0. The molecule has 1 aromatic carbocycles. The van der Waals surface area contributed by atoms with Gasteiger partial charge in [0.1, 0.15) is 17.3 Å². The van der Waals surface area contributed by atoms with E-state index in [1.54, 1.807) is 18.2 Å². The van der Waals surface area contributed by atoms with Gasteiger partial charge in [-0.25, -0.2) is 9.97 Å². The minimum atomic E-state index is -0.497. The van der Waals surface area contributed by atoms with Gasteiger partial charge in [0.05, 0.1) is 38.4 Å². The van der Waals surface area contributed by atoms with Crippen LogP contribution < -0.4 is 10.1 Å². The first kappa shape index (κ1) is 18.6. The summed E-state index contributed by atoms with van der Waals surface area (Å²) in [6.45, 7) is 4.42. The summed E-state index contributed by atoms with van der Waals surface area (Å²) in [5, 5.41) is 3.19. The lowest BCUT2D eigenvalue weighted by molar-refractivity contribution is -0.181. The molecule has 8 heteroatoms. The largest absolute Gasteiger partial charge is 0.495 e. The molecule has 2 fully saturated rings. The Morgan fingerprint density at radius 3 is 2.57 bits per heavy atom. The topological polar surface area (TPSA) is 85.8 Å². The maximum Gasteiger partial charge on any atom is 0.274 e. The molecule has 148 valence electrons. The molecule has 0 bridgehead atoms. The van der Waals surface area contributed by atoms with Crippen molar-refractivity contribution in [1.29, 1.82) is 0 Å². The molecule has 1 aromatic heterocycles. The van der Waals surface area contributed by atoms with Crippen molar-refractivity contribution in [3.8, 4) is 5.75 Å². The highest BCUT2D eigenvalue weighted by atomic mass is 16.7. The normalized spacial score (nSPS) is 18.3. The number of rotatable bonds is 4. The van der Waals surface area contributed by atoms with E-state index in [-0.39, 0.29) is 5.91 Å². The van der Waals surface area contributed by atoms with Crippen LogP contribution in [0.1, 0.15) is 28.9 Å². The zero-order valence-corrected chi connectivity index (χ0v) is 16.1. The van der Waals surface area contributed by atoms with Crippen molar-refractivity contribution in [3.63, 3.8) is 0 Å². The Morgan fingerprint density at radius 1 is 1.18 bits per heavy atom. The number of nitrogens with one attached hydrogen (secondary N) is 1. The van der Waals surface area contributed by atoms with E-state index in [2.05, 4.69) is 15.3 Å².